The number of hydrogen-bond donors (Lipinski definition) is 7. The Morgan fingerprint density at radius 1 is 0.444 bits per heavy atom. The first-order valence-electron chi connectivity index (χ1n) is 17.0. The quantitative estimate of drug-likeness (QED) is 0.0579. The van der Waals surface area contributed by atoms with Crippen LogP contribution in [0.4, 0.5) is 0 Å². The number of hydrogen-bond acceptors (Lipinski definition) is 9. The van der Waals surface area contributed by atoms with Gasteiger partial charge in [0.15, 0.2) is 0 Å². The molecule has 0 aromatic carbocycles. The van der Waals surface area contributed by atoms with Crippen molar-refractivity contribution >= 4 is 29.3 Å². The molecule has 262 valence electrons. The van der Waals surface area contributed by atoms with Crippen LogP contribution in [0.1, 0.15) is 110 Å². The Bertz CT molecular complexity index is 842. The first kappa shape index (κ1) is 42.6. The van der Waals surface area contributed by atoms with Crippen molar-refractivity contribution in [1.29, 1.82) is 0 Å². The van der Waals surface area contributed by atoms with Crippen LogP contribution in [-0.2, 0) is 24.0 Å². The van der Waals surface area contributed by atoms with E-state index in [1.54, 1.807) is 0 Å². The molecule has 0 heterocycles. The maximum Gasteiger partial charge on any atom is 0.222 e. The Labute approximate surface area is 272 Å². The number of carbonyl (C=O) groups excluding carboxylic acids is 5. The van der Waals surface area contributed by atoms with Crippen molar-refractivity contribution < 1.29 is 24.0 Å². The van der Waals surface area contributed by atoms with Gasteiger partial charge in [0.05, 0.1) is 0 Å². The number of rotatable bonds is 30. The number of carbonyl (C=O) groups is 5. The largest absolute Gasteiger partial charge is 0.353 e. The SMILES string of the molecule is CNCCCCC(CC(=O)NC(CCCCNC)CC(=O)NC(CCC(=O)NC(CCCCNC)CC(C)=O)CC(C)=O)NC. The molecule has 0 fully saturated rings. The fourth-order valence-electron chi connectivity index (χ4n) is 5.42. The van der Waals surface area contributed by atoms with Gasteiger partial charge in [-0.05, 0) is 107 Å². The van der Waals surface area contributed by atoms with E-state index in [2.05, 4.69) is 37.2 Å². The van der Waals surface area contributed by atoms with Crippen molar-refractivity contribution in [3.63, 3.8) is 0 Å². The highest BCUT2D eigenvalue weighted by Gasteiger charge is 2.22. The molecule has 0 aliphatic carbocycles. The number of Topliss-reactive ketones (excluding diaryl/α,β-unsaturated/α-hetero) is 2. The third-order valence-corrected chi connectivity index (χ3v) is 7.84. The highest BCUT2D eigenvalue weighted by atomic mass is 16.2. The van der Waals surface area contributed by atoms with Crippen LogP contribution in [0.3, 0.4) is 0 Å². The second-order valence-electron chi connectivity index (χ2n) is 12.3. The molecule has 0 aliphatic rings. The van der Waals surface area contributed by atoms with Crippen molar-refractivity contribution in [3.05, 3.63) is 0 Å². The summed E-state index contributed by atoms with van der Waals surface area (Å²) in [6.07, 6.45) is 9.25. The second-order valence-corrected chi connectivity index (χ2v) is 12.3. The molecule has 12 heteroatoms. The molecule has 0 saturated carbocycles. The molecule has 12 nitrogen and oxygen atoms in total. The van der Waals surface area contributed by atoms with Gasteiger partial charge >= 0.3 is 0 Å². The predicted molar refractivity (Wildman–Crippen MR) is 181 cm³/mol. The van der Waals surface area contributed by atoms with Gasteiger partial charge < -0.3 is 37.2 Å². The molecule has 4 unspecified atom stereocenters. The third kappa shape index (κ3) is 25.5. The normalized spacial score (nSPS) is 13.8. The summed E-state index contributed by atoms with van der Waals surface area (Å²) in [5, 5.41) is 21.6. The number of amides is 3. The highest BCUT2D eigenvalue weighted by Crippen LogP contribution is 2.11. The Balaban J connectivity index is 5.17. The second kappa shape index (κ2) is 27.9. The third-order valence-electron chi connectivity index (χ3n) is 7.84. The van der Waals surface area contributed by atoms with Gasteiger partial charge in [-0.25, -0.2) is 0 Å². The fraction of sp³-hybridized carbons (Fsp3) is 0.848. The lowest BCUT2D eigenvalue weighted by molar-refractivity contribution is -0.126. The van der Waals surface area contributed by atoms with Gasteiger partial charge in [-0.1, -0.05) is 19.3 Å². The molecule has 0 bridgehead atoms. The summed E-state index contributed by atoms with van der Waals surface area (Å²) in [5.41, 5.74) is 0. The first-order valence-corrected chi connectivity index (χ1v) is 17.0. The average molecular weight is 640 g/mol. The van der Waals surface area contributed by atoms with Gasteiger partial charge in [0.2, 0.25) is 17.7 Å². The van der Waals surface area contributed by atoms with E-state index in [0.717, 1.165) is 64.6 Å². The molecule has 4 atom stereocenters. The topological polar surface area (TPSA) is 170 Å². The predicted octanol–water partition coefficient (Wildman–Crippen LogP) is 1.72. The lowest BCUT2D eigenvalue weighted by Crippen LogP contribution is -2.44. The van der Waals surface area contributed by atoms with Gasteiger partial charge in [0.1, 0.15) is 11.6 Å². The zero-order valence-corrected chi connectivity index (χ0v) is 29.1. The lowest BCUT2D eigenvalue weighted by atomic mass is 10.0. The lowest BCUT2D eigenvalue weighted by Gasteiger charge is -2.23. The van der Waals surface area contributed by atoms with E-state index in [0.29, 0.717) is 25.7 Å². The molecule has 7 N–H and O–H groups in total. The Hall–Kier alpha value is -2.41. The van der Waals surface area contributed by atoms with E-state index in [4.69, 9.17) is 0 Å². The molecule has 0 aromatic heterocycles. The van der Waals surface area contributed by atoms with E-state index in [9.17, 15) is 24.0 Å². The monoisotopic (exact) mass is 640 g/mol. The summed E-state index contributed by atoms with van der Waals surface area (Å²) in [4.78, 5) is 62.6. The molecule has 0 radical (unpaired) electrons. The summed E-state index contributed by atoms with van der Waals surface area (Å²) in [5.74, 6) is -0.592. The van der Waals surface area contributed by atoms with Crippen molar-refractivity contribution in [2.24, 2.45) is 0 Å². The van der Waals surface area contributed by atoms with E-state index < -0.39 is 6.04 Å². The minimum absolute atomic E-state index is 0.0224. The van der Waals surface area contributed by atoms with Crippen molar-refractivity contribution in [2.45, 2.75) is 134 Å². The standard InChI is InChI=1S/C33H65N7O5/c1-25(41)21-28(14-8-11-19-35-4)38-31(43)17-16-30(22-26(2)42)40-33(45)24-29(15-9-12-20-36-5)39-32(44)23-27(37-6)13-7-10-18-34-3/h27-30,34-37H,7-24H2,1-6H3,(H,38,43)(H,39,44)(H,40,45). The summed E-state index contributed by atoms with van der Waals surface area (Å²) < 4.78 is 0. The molecule has 0 aliphatic heterocycles. The van der Waals surface area contributed by atoms with Crippen molar-refractivity contribution in [2.75, 3.05) is 47.8 Å². The summed E-state index contributed by atoms with van der Waals surface area (Å²) in [6, 6.07) is -0.979. The van der Waals surface area contributed by atoms with Crippen molar-refractivity contribution in [1.82, 2.24) is 37.2 Å². The van der Waals surface area contributed by atoms with E-state index in [-0.39, 0.29) is 73.1 Å². The van der Waals surface area contributed by atoms with Crippen LogP contribution in [0.2, 0.25) is 0 Å². The van der Waals surface area contributed by atoms with Gasteiger partial charge in [0.25, 0.3) is 0 Å². The summed E-state index contributed by atoms with van der Waals surface area (Å²) in [6.45, 7) is 5.66. The van der Waals surface area contributed by atoms with Gasteiger partial charge in [-0.3, -0.25) is 24.0 Å². The zero-order valence-electron chi connectivity index (χ0n) is 29.1. The minimum atomic E-state index is -0.491. The molecule has 3 amide bonds. The van der Waals surface area contributed by atoms with Crippen LogP contribution in [0.5, 0.6) is 0 Å². The van der Waals surface area contributed by atoms with Crippen LogP contribution < -0.4 is 37.2 Å². The number of unbranched alkanes of at least 4 members (excludes halogenated alkanes) is 3. The number of ketones is 2. The highest BCUT2D eigenvalue weighted by molar-refractivity contribution is 5.82. The van der Waals surface area contributed by atoms with E-state index >= 15 is 0 Å². The number of nitrogens with one attached hydrogen (secondary N) is 7. The molecule has 0 spiro atoms. The maximum atomic E-state index is 13.2. The molecule has 45 heavy (non-hydrogen) atoms. The molecule has 0 aromatic rings. The Morgan fingerprint density at radius 2 is 0.800 bits per heavy atom. The van der Waals surface area contributed by atoms with Crippen LogP contribution in [0.25, 0.3) is 0 Å². The van der Waals surface area contributed by atoms with Crippen LogP contribution >= 0.6 is 0 Å². The van der Waals surface area contributed by atoms with Gasteiger partial charge in [-0.2, -0.15) is 0 Å². The first-order chi connectivity index (χ1) is 21.5. The molecule has 0 saturated heterocycles. The molecular weight excluding hydrogens is 574 g/mol. The molecule has 0 rings (SSSR count). The van der Waals surface area contributed by atoms with Crippen LogP contribution in [0.15, 0.2) is 0 Å². The minimum Gasteiger partial charge on any atom is -0.353 e. The Morgan fingerprint density at radius 3 is 1.20 bits per heavy atom. The van der Waals surface area contributed by atoms with Crippen molar-refractivity contribution in [3.8, 4) is 0 Å². The Kier molecular flexibility index (Phi) is 26.4. The van der Waals surface area contributed by atoms with Gasteiger partial charge in [0, 0.05) is 56.3 Å². The smallest absolute Gasteiger partial charge is 0.222 e. The molecular formula is C33H65N7O5. The fourth-order valence-corrected chi connectivity index (χ4v) is 5.42. The van der Waals surface area contributed by atoms with Gasteiger partial charge in [-0.15, -0.1) is 0 Å². The average Bonchev–Trinajstić information content (AvgIpc) is 2.97. The summed E-state index contributed by atoms with van der Waals surface area (Å²) in [7, 11) is 7.58. The van der Waals surface area contributed by atoms with Crippen LogP contribution in [0, 0.1) is 0 Å². The summed E-state index contributed by atoms with van der Waals surface area (Å²) >= 11 is 0. The van der Waals surface area contributed by atoms with Crippen LogP contribution in [-0.4, -0.2) is 101 Å². The zero-order chi connectivity index (χ0) is 33.9. The maximum absolute atomic E-state index is 13.2. The van der Waals surface area contributed by atoms with E-state index in [1.807, 2.05) is 28.2 Å². The van der Waals surface area contributed by atoms with E-state index in [1.165, 1.54) is 13.8 Å².